The first-order valence-corrected chi connectivity index (χ1v) is 5.69. The van der Waals surface area contributed by atoms with Gasteiger partial charge < -0.3 is 0 Å². The summed E-state index contributed by atoms with van der Waals surface area (Å²) in [5.74, 6) is -1.38. The SMILES string of the molecule is O=C1c2cccc3cc(Br)cc(c23)C(=O)N1O. The van der Waals surface area contributed by atoms with E-state index in [4.69, 9.17) is 0 Å². The van der Waals surface area contributed by atoms with Crippen LogP contribution >= 0.6 is 15.9 Å². The molecule has 0 saturated heterocycles. The van der Waals surface area contributed by atoms with E-state index >= 15 is 0 Å². The van der Waals surface area contributed by atoms with E-state index in [1.807, 2.05) is 12.1 Å². The molecule has 0 aliphatic carbocycles. The third-order valence-electron chi connectivity index (χ3n) is 2.79. The van der Waals surface area contributed by atoms with E-state index < -0.39 is 11.8 Å². The number of nitrogens with zero attached hydrogens (tertiary/aromatic N) is 1. The number of imide groups is 1. The predicted octanol–water partition coefficient (Wildman–Crippen LogP) is 2.59. The van der Waals surface area contributed by atoms with Crippen molar-refractivity contribution in [1.29, 1.82) is 0 Å². The van der Waals surface area contributed by atoms with E-state index in [-0.39, 0.29) is 5.06 Å². The van der Waals surface area contributed by atoms with E-state index in [0.717, 1.165) is 9.86 Å². The van der Waals surface area contributed by atoms with Gasteiger partial charge in [0.1, 0.15) is 0 Å². The van der Waals surface area contributed by atoms with Crippen LogP contribution in [0.2, 0.25) is 0 Å². The van der Waals surface area contributed by atoms with Gasteiger partial charge in [-0.2, -0.15) is 0 Å². The summed E-state index contributed by atoms with van der Waals surface area (Å²) in [5.41, 5.74) is 0.666. The average Bonchev–Trinajstić information content (AvgIpc) is 2.32. The van der Waals surface area contributed by atoms with E-state index in [1.165, 1.54) is 0 Å². The number of benzene rings is 2. The number of hydroxylamine groups is 2. The summed E-state index contributed by atoms with van der Waals surface area (Å²) in [6, 6.07) is 8.56. The number of halogens is 1. The number of amides is 2. The minimum Gasteiger partial charge on any atom is -0.278 e. The zero-order chi connectivity index (χ0) is 12.2. The monoisotopic (exact) mass is 291 g/mol. The Labute approximate surface area is 105 Å². The van der Waals surface area contributed by atoms with Crippen molar-refractivity contribution < 1.29 is 14.8 Å². The number of carbonyl (C=O) groups excluding carboxylic acids is 2. The van der Waals surface area contributed by atoms with Gasteiger partial charge in [-0.05, 0) is 23.6 Å². The Morgan fingerprint density at radius 2 is 1.76 bits per heavy atom. The maximum atomic E-state index is 11.8. The number of hydrogen-bond acceptors (Lipinski definition) is 3. The fourth-order valence-corrected chi connectivity index (χ4v) is 2.53. The molecule has 0 bridgehead atoms. The largest absolute Gasteiger partial charge is 0.285 e. The maximum Gasteiger partial charge on any atom is 0.285 e. The van der Waals surface area contributed by atoms with Gasteiger partial charge in [0.15, 0.2) is 0 Å². The number of carbonyl (C=O) groups is 2. The van der Waals surface area contributed by atoms with Crippen molar-refractivity contribution in [3.05, 3.63) is 45.9 Å². The van der Waals surface area contributed by atoms with Crippen LogP contribution in [0.15, 0.2) is 34.8 Å². The summed E-state index contributed by atoms with van der Waals surface area (Å²) < 4.78 is 0.730. The second-order valence-corrected chi connectivity index (χ2v) is 4.69. The molecule has 2 aromatic carbocycles. The predicted molar refractivity (Wildman–Crippen MR) is 63.9 cm³/mol. The van der Waals surface area contributed by atoms with Gasteiger partial charge in [0.05, 0.1) is 11.1 Å². The summed E-state index contributed by atoms with van der Waals surface area (Å²) in [6.07, 6.45) is 0. The van der Waals surface area contributed by atoms with E-state index in [9.17, 15) is 14.8 Å². The normalized spacial score (nSPS) is 14.6. The minimum absolute atomic E-state index is 0.156. The Morgan fingerprint density at radius 3 is 2.53 bits per heavy atom. The molecule has 2 amide bonds. The minimum atomic E-state index is -0.694. The Bertz CT molecular complexity index is 681. The summed E-state index contributed by atoms with van der Waals surface area (Å²) in [7, 11) is 0. The van der Waals surface area contributed by atoms with Crippen molar-refractivity contribution in [2.45, 2.75) is 0 Å². The summed E-state index contributed by atoms with van der Waals surface area (Å²) in [6.45, 7) is 0. The fourth-order valence-electron chi connectivity index (χ4n) is 2.06. The molecule has 2 aromatic rings. The lowest BCUT2D eigenvalue weighted by molar-refractivity contribution is -0.0377. The molecule has 4 nitrogen and oxygen atoms in total. The molecule has 5 heteroatoms. The first-order valence-electron chi connectivity index (χ1n) is 4.89. The summed E-state index contributed by atoms with van der Waals surface area (Å²) in [5, 5.41) is 11.0. The maximum absolute atomic E-state index is 11.8. The van der Waals surface area contributed by atoms with Crippen molar-refractivity contribution in [3.8, 4) is 0 Å². The van der Waals surface area contributed by atoms with Crippen molar-refractivity contribution >= 4 is 38.5 Å². The van der Waals surface area contributed by atoms with Crippen molar-refractivity contribution in [2.24, 2.45) is 0 Å². The third kappa shape index (κ3) is 1.33. The molecule has 0 atom stereocenters. The van der Waals surface area contributed by atoms with Gasteiger partial charge in [-0.3, -0.25) is 14.8 Å². The molecule has 3 rings (SSSR count). The molecule has 0 unspecified atom stereocenters. The molecule has 1 aliphatic rings. The second-order valence-electron chi connectivity index (χ2n) is 3.78. The summed E-state index contributed by atoms with van der Waals surface area (Å²) >= 11 is 3.30. The molecule has 1 heterocycles. The molecule has 0 radical (unpaired) electrons. The van der Waals surface area contributed by atoms with Crippen LogP contribution in [0.5, 0.6) is 0 Å². The van der Waals surface area contributed by atoms with Crippen LogP contribution in [0, 0.1) is 0 Å². The van der Waals surface area contributed by atoms with Crippen LogP contribution in [-0.2, 0) is 0 Å². The van der Waals surface area contributed by atoms with Crippen molar-refractivity contribution in [1.82, 2.24) is 5.06 Å². The van der Waals surface area contributed by atoms with Gasteiger partial charge in [-0.25, -0.2) is 0 Å². The Kier molecular flexibility index (Phi) is 2.08. The quantitative estimate of drug-likeness (QED) is 0.599. The highest BCUT2D eigenvalue weighted by atomic mass is 79.9. The Hall–Kier alpha value is -1.72. The van der Waals surface area contributed by atoms with Crippen LogP contribution in [0.3, 0.4) is 0 Å². The lowest BCUT2D eigenvalue weighted by Gasteiger charge is -2.21. The molecule has 0 spiro atoms. The zero-order valence-electron chi connectivity index (χ0n) is 8.48. The second kappa shape index (κ2) is 3.38. The van der Waals surface area contributed by atoms with Gasteiger partial charge in [0.25, 0.3) is 11.8 Å². The fraction of sp³-hybridized carbons (Fsp3) is 0. The van der Waals surface area contributed by atoms with Gasteiger partial charge in [-0.1, -0.05) is 28.1 Å². The number of hydrogen-bond donors (Lipinski definition) is 1. The van der Waals surface area contributed by atoms with Crippen LogP contribution in [0.1, 0.15) is 20.7 Å². The standard InChI is InChI=1S/C12H6BrNO3/c13-7-4-6-2-1-3-8-10(6)9(5-7)12(16)14(17)11(8)15/h1-5,17H. The van der Waals surface area contributed by atoms with E-state index in [2.05, 4.69) is 15.9 Å². The average molecular weight is 292 g/mol. The highest BCUT2D eigenvalue weighted by molar-refractivity contribution is 9.10. The van der Waals surface area contributed by atoms with Gasteiger partial charge in [0, 0.05) is 9.86 Å². The van der Waals surface area contributed by atoms with Gasteiger partial charge >= 0.3 is 0 Å². The molecule has 0 fully saturated rings. The molecular formula is C12H6BrNO3. The molecule has 0 saturated carbocycles. The van der Waals surface area contributed by atoms with Crippen molar-refractivity contribution in [3.63, 3.8) is 0 Å². The lowest BCUT2D eigenvalue weighted by Crippen LogP contribution is -2.37. The van der Waals surface area contributed by atoms with Gasteiger partial charge in [0.2, 0.25) is 0 Å². The molecule has 84 valence electrons. The highest BCUT2D eigenvalue weighted by Gasteiger charge is 2.32. The zero-order valence-corrected chi connectivity index (χ0v) is 10.1. The highest BCUT2D eigenvalue weighted by Crippen LogP contribution is 2.31. The third-order valence-corrected chi connectivity index (χ3v) is 3.25. The topological polar surface area (TPSA) is 57.6 Å². The summed E-state index contributed by atoms with van der Waals surface area (Å²) in [4.78, 5) is 23.5. The van der Waals surface area contributed by atoms with Crippen LogP contribution < -0.4 is 0 Å². The first-order chi connectivity index (χ1) is 8.09. The molecule has 1 aliphatic heterocycles. The Morgan fingerprint density at radius 1 is 1.06 bits per heavy atom. The lowest BCUT2D eigenvalue weighted by atomic mass is 9.95. The van der Waals surface area contributed by atoms with E-state index in [1.54, 1.807) is 18.2 Å². The van der Waals surface area contributed by atoms with Crippen LogP contribution in [0.4, 0.5) is 0 Å². The molecule has 17 heavy (non-hydrogen) atoms. The molecular weight excluding hydrogens is 286 g/mol. The van der Waals surface area contributed by atoms with Gasteiger partial charge in [-0.15, -0.1) is 5.06 Å². The first kappa shape index (κ1) is 10.4. The van der Waals surface area contributed by atoms with Crippen LogP contribution in [-0.4, -0.2) is 22.1 Å². The van der Waals surface area contributed by atoms with Crippen molar-refractivity contribution in [2.75, 3.05) is 0 Å². The Balaban J connectivity index is 2.53. The number of rotatable bonds is 0. The molecule has 0 aromatic heterocycles. The van der Waals surface area contributed by atoms with Crippen LogP contribution in [0.25, 0.3) is 10.8 Å². The molecule has 1 N–H and O–H groups in total. The van der Waals surface area contributed by atoms with E-state index in [0.29, 0.717) is 16.5 Å². The smallest absolute Gasteiger partial charge is 0.278 e.